The van der Waals surface area contributed by atoms with Gasteiger partial charge in [0.15, 0.2) is 5.65 Å². The predicted molar refractivity (Wildman–Crippen MR) is 85.4 cm³/mol. The van der Waals surface area contributed by atoms with Gasteiger partial charge in [0.05, 0.1) is 11.7 Å². The Morgan fingerprint density at radius 3 is 3.00 bits per heavy atom. The minimum atomic E-state index is -0.122. The van der Waals surface area contributed by atoms with E-state index < -0.39 is 0 Å². The first kappa shape index (κ1) is 15.7. The molecular formula is C16H22N4O3. The van der Waals surface area contributed by atoms with Crippen LogP contribution in [0.15, 0.2) is 16.9 Å². The molecule has 1 aliphatic heterocycles. The number of fused-ring (bicyclic) bond motifs is 1. The number of ether oxygens (including phenoxy) is 1. The summed E-state index contributed by atoms with van der Waals surface area (Å²) in [5.41, 5.74) is 2.11. The van der Waals surface area contributed by atoms with Crippen LogP contribution in [0.25, 0.3) is 5.65 Å². The van der Waals surface area contributed by atoms with Gasteiger partial charge >= 0.3 is 0 Å². The molecule has 7 heteroatoms. The minimum absolute atomic E-state index is 0.0228. The van der Waals surface area contributed by atoms with Crippen LogP contribution < -0.4 is 5.56 Å². The molecule has 1 fully saturated rings. The van der Waals surface area contributed by atoms with Gasteiger partial charge in [0.1, 0.15) is 6.61 Å². The highest BCUT2D eigenvalue weighted by Gasteiger charge is 2.29. The third-order valence-corrected chi connectivity index (χ3v) is 4.34. The number of methoxy groups -OCH3 is 1. The van der Waals surface area contributed by atoms with Crippen molar-refractivity contribution in [3.63, 3.8) is 0 Å². The molecule has 1 saturated heterocycles. The van der Waals surface area contributed by atoms with Crippen LogP contribution >= 0.6 is 0 Å². The average molecular weight is 318 g/mol. The van der Waals surface area contributed by atoms with Crippen LogP contribution in [0.2, 0.25) is 0 Å². The Morgan fingerprint density at radius 1 is 1.43 bits per heavy atom. The number of hydrogen-bond donors (Lipinski definition) is 1. The number of rotatable bonds is 4. The van der Waals surface area contributed by atoms with E-state index in [0.717, 1.165) is 30.7 Å². The third-order valence-electron chi connectivity index (χ3n) is 4.34. The number of piperidine rings is 1. The van der Waals surface area contributed by atoms with Crippen molar-refractivity contribution in [2.24, 2.45) is 0 Å². The van der Waals surface area contributed by atoms with Gasteiger partial charge in [-0.15, -0.1) is 0 Å². The molecule has 1 aliphatic rings. The monoisotopic (exact) mass is 318 g/mol. The standard InChI is InChI=1S/C16H22N4O3/c1-3-11-8-15(21)20-14(17-11)9-12(18-20)13-6-4-5-7-19(13)16(22)10-23-2/h8-9,13,18H,3-7,10H2,1-2H3. The maximum absolute atomic E-state index is 12.3. The molecule has 0 aliphatic carbocycles. The lowest BCUT2D eigenvalue weighted by molar-refractivity contribution is -0.139. The summed E-state index contributed by atoms with van der Waals surface area (Å²) in [6.07, 6.45) is 3.63. The molecule has 1 N–H and O–H groups in total. The Bertz CT molecular complexity index is 764. The smallest absolute Gasteiger partial charge is 0.272 e. The second kappa shape index (κ2) is 6.54. The largest absolute Gasteiger partial charge is 0.375 e. The molecule has 3 rings (SSSR count). The number of aromatic amines is 1. The molecule has 0 spiro atoms. The van der Waals surface area contributed by atoms with E-state index in [0.29, 0.717) is 18.6 Å². The van der Waals surface area contributed by atoms with Crippen LogP contribution in [0.4, 0.5) is 0 Å². The van der Waals surface area contributed by atoms with Crippen LogP contribution in [-0.4, -0.2) is 45.7 Å². The van der Waals surface area contributed by atoms with Crippen LogP contribution in [0.3, 0.4) is 0 Å². The normalized spacial score (nSPS) is 18.5. The first-order chi connectivity index (χ1) is 11.1. The Morgan fingerprint density at radius 2 is 2.26 bits per heavy atom. The van der Waals surface area contributed by atoms with E-state index in [9.17, 15) is 9.59 Å². The lowest BCUT2D eigenvalue weighted by Crippen LogP contribution is -2.40. The molecular weight excluding hydrogens is 296 g/mol. The lowest BCUT2D eigenvalue weighted by atomic mass is 9.99. The summed E-state index contributed by atoms with van der Waals surface area (Å²) in [5, 5.41) is 3.12. The van der Waals surface area contributed by atoms with Gasteiger partial charge in [-0.3, -0.25) is 14.7 Å². The van der Waals surface area contributed by atoms with E-state index in [-0.39, 0.29) is 24.1 Å². The van der Waals surface area contributed by atoms with Crippen molar-refractivity contribution in [1.29, 1.82) is 0 Å². The second-order valence-corrected chi connectivity index (χ2v) is 5.88. The van der Waals surface area contributed by atoms with Crippen molar-refractivity contribution in [3.8, 4) is 0 Å². The van der Waals surface area contributed by atoms with Gasteiger partial charge in [0.2, 0.25) is 5.91 Å². The van der Waals surface area contributed by atoms with Crippen molar-refractivity contribution in [2.75, 3.05) is 20.3 Å². The van der Waals surface area contributed by atoms with Crippen LogP contribution in [0, 0.1) is 0 Å². The highest BCUT2D eigenvalue weighted by atomic mass is 16.5. The van der Waals surface area contributed by atoms with E-state index in [2.05, 4.69) is 10.1 Å². The minimum Gasteiger partial charge on any atom is -0.375 e. The van der Waals surface area contributed by atoms with Crippen molar-refractivity contribution in [1.82, 2.24) is 19.5 Å². The number of aromatic nitrogens is 3. The van der Waals surface area contributed by atoms with Crippen molar-refractivity contribution in [3.05, 3.63) is 33.9 Å². The summed E-state index contributed by atoms with van der Waals surface area (Å²) in [6, 6.07) is 3.36. The quantitative estimate of drug-likeness (QED) is 0.921. The molecule has 1 unspecified atom stereocenters. The Hall–Kier alpha value is -2.15. The summed E-state index contributed by atoms with van der Waals surface area (Å²) in [7, 11) is 1.52. The van der Waals surface area contributed by atoms with E-state index in [1.807, 2.05) is 17.9 Å². The first-order valence-electron chi connectivity index (χ1n) is 8.04. The van der Waals surface area contributed by atoms with Crippen LogP contribution in [0.1, 0.15) is 43.6 Å². The number of likely N-dealkylation sites (tertiary alicyclic amines) is 1. The molecule has 0 radical (unpaired) electrons. The zero-order valence-electron chi connectivity index (χ0n) is 13.5. The van der Waals surface area contributed by atoms with Gasteiger partial charge in [-0.1, -0.05) is 6.92 Å². The van der Waals surface area contributed by atoms with Gasteiger partial charge < -0.3 is 9.64 Å². The summed E-state index contributed by atoms with van der Waals surface area (Å²) >= 11 is 0. The van der Waals surface area contributed by atoms with Gasteiger partial charge in [-0.25, -0.2) is 9.50 Å². The zero-order valence-corrected chi connectivity index (χ0v) is 13.5. The van der Waals surface area contributed by atoms with Gasteiger partial charge in [-0.2, -0.15) is 0 Å². The number of aryl methyl sites for hydroxylation is 1. The van der Waals surface area contributed by atoms with Crippen molar-refractivity contribution >= 4 is 11.6 Å². The summed E-state index contributed by atoms with van der Waals surface area (Å²) in [6.45, 7) is 2.76. The number of nitrogens with one attached hydrogen (secondary N) is 1. The molecule has 2 aromatic heterocycles. The van der Waals surface area contributed by atoms with Crippen LogP contribution in [-0.2, 0) is 16.0 Å². The van der Waals surface area contributed by atoms with E-state index in [1.165, 1.54) is 11.6 Å². The molecule has 124 valence electrons. The number of H-pyrrole nitrogens is 1. The van der Waals surface area contributed by atoms with E-state index in [4.69, 9.17) is 4.74 Å². The lowest BCUT2D eigenvalue weighted by Gasteiger charge is -2.35. The molecule has 0 saturated carbocycles. The molecule has 1 atom stereocenters. The molecule has 1 amide bonds. The second-order valence-electron chi connectivity index (χ2n) is 5.88. The maximum Gasteiger partial charge on any atom is 0.272 e. The zero-order chi connectivity index (χ0) is 16.4. The average Bonchev–Trinajstić information content (AvgIpc) is 2.99. The molecule has 2 aromatic rings. The molecule has 7 nitrogen and oxygen atoms in total. The van der Waals surface area contributed by atoms with Crippen LogP contribution in [0.5, 0.6) is 0 Å². The summed E-state index contributed by atoms with van der Waals surface area (Å²) < 4.78 is 6.43. The molecule has 0 aromatic carbocycles. The fraction of sp³-hybridized carbons (Fsp3) is 0.562. The van der Waals surface area contributed by atoms with Gasteiger partial charge in [0, 0.05) is 31.5 Å². The van der Waals surface area contributed by atoms with Crippen molar-refractivity contribution < 1.29 is 9.53 Å². The number of nitrogens with zero attached hydrogens (tertiary/aromatic N) is 3. The van der Waals surface area contributed by atoms with Gasteiger partial charge in [0.25, 0.3) is 5.56 Å². The first-order valence-corrected chi connectivity index (χ1v) is 8.04. The van der Waals surface area contributed by atoms with Crippen molar-refractivity contribution in [2.45, 2.75) is 38.6 Å². The highest BCUT2D eigenvalue weighted by Crippen LogP contribution is 2.30. The van der Waals surface area contributed by atoms with E-state index in [1.54, 1.807) is 6.07 Å². The number of amides is 1. The molecule has 3 heterocycles. The Balaban J connectivity index is 1.98. The number of carbonyl (C=O) groups excluding carboxylic acids is 1. The van der Waals surface area contributed by atoms with E-state index >= 15 is 0 Å². The number of carbonyl (C=O) groups is 1. The van der Waals surface area contributed by atoms with Gasteiger partial charge in [-0.05, 0) is 25.7 Å². The topological polar surface area (TPSA) is 79.7 Å². The Labute approximate surface area is 134 Å². The SMILES string of the molecule is CCc1cc(=O)n2[nH]c(C3CCCCN3C(=O)COC)cc2n1. The number of hydrogen-bond acceptors (Lipinski definition) is 4. The summed E-state index contributed by atoms with van der Waals surface area (Å²) in [4.78, 5) is 30.7. The molecule has 23 heavy (non-hydrogen) atoms. The summed E-state index contributed by atoms with van der Waals surface area (Å²) in [5.74, 6) is -0.0228. The fourth-order valence-electron chi connectivity index (χ4n) is 3.17. The Kier molecular flexibility index (Phi) is 4.47. The third kappa shape index (κ3) is 3.01. The fourth-order valence-corrected chi connectivity index (χ4v) is 3.17. The molecule has 0 bridgehead atoms. The highest BCUT2D eigenvalue weighted by molar-refractivity contribution is 5.78. The maximum atomic E-state index is 12.3. The predicted octanol–water partition coefficient (Wildman–Crippen LogP) is 1.28.